The molecular formula is C13H18O4. The Morgan fingerprint density at radius 3 is 2.41 bits per heavy atom. The number of benzene rings is 1. The minimum atomic E-state index is -1.03. The van der Waals surface area contributed by atoms with Gasteiger partial charge in [-0.1, -0.05) is 18.2 Å². The molecule has 4 nitrogen and oxygen atoms in total. The Kier molecular flexibility index (Phi) is 3.66. The van der Waals surface area contributed by atoms with Crippen LogP contribution in [0.3, 0.4) is 0 Å². The van der Waals surface area contributed by atoms with Gasteiger partial charge in [-0.3, -0.25) is 0 Å². The van der Waals surface area contributed by atoms with E-state index in [2.05, 4.69) is 0 Å². The summed E-state index contributed by atoms with van der Waals surface area (Å²) in [7, 11) is 4.73. The van der Waals surface area contributed by atoms with Gasteiger partial charge in [0.15, 0.2) is 0 Å². The third kappa shape index (κ3) is 2.16. The van der Waals surface area contributed by atoms with Crippen LogP contribution < -0.4 is 4.74 Å². The molecule has 1 aromatic rings. The largest absolute Gasteiger partial charge is 0.493 e. The predicted molar refractivity (Wildman–Crippen MR) is 62.9 cm³/mol. The quantitative estimate of drug-likeness (QED) is 0.750. The van der Waals surface area contributed by atoms with Crippen molar-refractivity contribution in [3.63, 3.8) is 0 Å². The van der Waals surface area contributed by atoms with Gasteiger partial charge < -0.3 is 18.9 Å². The van der Waals surface area contributed by atoms with Crippen molar-refractivity contribution in [2.75, 3.05) is 27.9 Å². The summed E-state index contributed by atoms with van der Waals surface area (Å²) in [4.78, 5) is 0. The molecule has 0 N–H and O–H groups in total. The van der Waals surface area contributed by atoms with Crippen LogP contribution in [0.2, 0.25) is 0 Å². The van der Waals surface area contributed by atoms with Crippen molar-refractivity contribution in [1.29, 1.82) is 0 Å². The second-order valence-electron chi connectivity index (χ2n) is 4.04. The molecule has 0 aromatic heterocycles. The fourth-order valence-corrected chi connectivity index (χ4v) is 2.31. The maximum absolute atomic E-state index is 5.71. The van der Waals surface area contributed by atoms with Crippen LogP contribution >= 0.6 is 0 Å². The molecule has 1 unspecified atom stereocenters. The van der Waals surface area contributed by atoms with Crippen LogP contribution in [0.4, 0.5) is 0 Å². The second-order valence-corrected chi connectivity index (χ2v) is 4.04. The molecule has 0 radical (unpaired) electrons. The molecular weight excluding hydrogens is 220 g/mol. The van der Waals surface area contributed by atoms with Gasteiger partial charge in [0, 0.05) is 21.3 Å². The first-order valence-electron chi connectivity index (χ1n) is 5.62. The Labute approximate surface area is 101 Å². The molecule has 1 aromatic carbocycles. The normalized spacial score (nSPS) is 19.6. The fraction of sp³-hybridized carbons (Fsp3) is 0.538. The monoisotopic (exact) mass is 238 g/mol. The molecule has 17 heavy (non-hydrogen) atoms. The summed E-state index contributed by atoms with van der Waals surface area (Å²) in [6, 6.07) is 7.99. The molecule has 1 aliphatic rings. The average molecular weight is 238 g/mol. The predicted octanol–water partition coefficient (Wildman–Crippen LogP) is 1.83. The van der Waals surface area contributed by atoms with Crippen molar-refractivity contribution < 1.29 is 18.9 Å². The molecule has 0 aliphatic carbocycles. The highest BCUT2D eigenvalue weighted by Crippen LogP contribution is 2.34. The zero-order chi connectivity index (χ0) is 12.3. The van der Waals surface area contributed by atoms with E-state index in [0.717, 1.165) is 17.7 Å². The van der Waals surface area contributed by atoms with Crippen molar-refractivity contribution in [3.05, 3.63) is 29.8 Å². The molecule has 1 atom stereocenters. The van der Waals surface area contributed by atoms with E-state index in [0.29, 0.717) is 6.61 Å². The molecule has 0 saturated carbocycles. The first-order chi connectivity index (χ1) is 8.25. The number of fused-ring (bicyclic) bond motifs is 1. The van der Waals surface area contributed by atoms with Gasteiger partial charge in [0.1, 0.15) is 5.75 Å². The summed E-state index contributed by atoms with van der Waals surface area (Å²) < 4.78 is 21.8. The molecule has 0 spiro atoms. The topological polar surface area (TPSA) is 36.9 Å². The Morgan fingerprint density at radius 2 is 1.76 bits per heavy atom. The van der Waals surface area contributed by atoms with E-state index < -0.39 is 5.97 Å². The van der Waals surface area contributed by atoms with Gasteiger partial charge >= 0.3 is 0 Å². The summed E-state index contributed by atoms with van der Waals surface area (Å²) in [6.45, 7) is 0.520. The lowest BCUT2D eigenvalue weighted by Crippen LogP contribution is -2.48. The van der Waals surface area contributed by atoms with E-state index in [1.807, 2.05) is 24.3 Å². The van der Waals surface area contributed by atoms with Gasteiger partial charge in [-0.2, -0.15) is 0 Å². The van der Waals surface area contributed by atoms with Crippen LogP contribution in [0.1, 0.15) is 5.56 Å². The van der Waals surface area contributed by atoms with E-state index in [1.165, 1.54) is 0 Å². The van der Waals surface area contributed by atoms with Crippen LogP contribution in [-0.4, -0.2) is 33.9 Å². The lowest BCUT2D eigenvalue weighted by atomic mass is 9.94. The minimum absolute atomic E-state index is 0.0115. The Morgan fingerprint density at radius 1 is 1.12 bits per heavy atom. The summed E-state index contributed by atoms with van der Waals surface area (Å²) in [5.41, 5.74) is 1.15. The summed E-state index contributed by atoms with van der Waals surface area (Å²) in [5.74, 6) is -0.0913. The zero-order valence-corrected chi connectivity index (χ0v) is 10.4. The SMILES string of the molecule is COC(OC)(OC)C1COc2ccccc2C1. The highest BCUT2D eigenvalue weighted by molar-refractivity contribution is 5.35. The summed E-state index contributed by atoms with van der Waals surface area (Å²) in [5, 5.41) is 0. The molecule has 0 bridgehead atoms. The van der Waals surface area contributed by atoms with E-state index >= 15 is 0 Å². The third-order valence-electron chi connectivity index (χ3n) is 3.23. The van der Waals surface area contributed by atoms with Crippen LogP contribution in [0.5, 0.6) is 5.75 Å². The van der Waals surface area contributed by atoms with Gasteiger partial charge in [0.2, 0.25) is 0 Å². The van der Waals surface area contributed by atoms with E-state index in [4.69, 9.17) is 18.9 Å². The molecule has 1 aliphatic heterocycles. The summed E-state index contributed by atoms with van der Waals surface area (Å²) in [6.07, 6.45) is 0.811. The lowest BCUT2D eigenvalue weighted by Gasteiger charge is -2.38. The van der Waals surface area contributed by atoms with Crippen molar-refractivity contribution in [1.82, 2.24) is 0 Å². The fourth-order valence-electron chi connectivity index (χ4n) is 2.31. The van der Waals surface area contributed by atoms with Gasteiger partial charge in [-0.25, -0.2) is 0 Å². The number of hydrogen-bond donors (Lipinski definition) is 0. The van der Waals surface area contributed by atoms with E-state index in [1.54, 1.807) is 21.3 Å². The van der Waals surface area contributed by atoms with Crippen molar-refractivity contribution in [2.24, 2.45) is 5.92 Å². The molecule has 2 rings (SSSR count). The number of rotatable bonds is 4. The Balaban J connectivity index is 2.21. The highest BCUT2D eigenvalue weighted by atomic mass is 16.9. The van der Waals surface area contributed by atoms with Crippen molar-refractivity contribution >= 4 is 0 Å². The zero-order valence-electron chi connectivity index (χ0n) is 10.4. The smallest absolute Gasteiger partial charge is 0.288 e. The van der Waals surface area contributed by atoms with Gasteiger partial charge in [0.25, 0.3) is 5.97 Å². The van der Waals surface area contributed by atoms with Crippen LogP contribution in [0, 0.1) is 5.92 Å². The van der Waals surface area contributed by atoms with Gasteiger partial charge in [-0.15, -0.1) is 0 Å². The van der Waals surface area contributed by atoms with Crippen LogP contribution in [-0.2, 0) is 20.6 Å². The van der Waals surface area contributed by atoms with E-state index in [-0.39, 0.29) is 5.92 Å². The first-order valence-corrected chi connectivity index (χ1v) is 5.62. The number of ether oxygens (including phenoxy) is 4. The van der Waals surface area contributed by atoms with Crippen LogP contribution in [0.25, 0.3) is 0 Å². The molecule has 0 saturated heterocycles. The highest BCUT2D eigenvalue weighted by Gasteiger charge is 2.42. The maximum atomic E-state index is 5.71. The maximum Gasteiger partial charge on any atom is 0.288 e. The number of para-hydroxylation sites is 1. The third-order valence-corrected chi connectivity index (χ3v) is 3.23. The van der Waals surface area contributed by atoms with Crippen molar-refractivity contribution in [3.8, 4) is 5.75 Å². The standard InChI is InChI=1S/C13H18O4/c1-14-13(15-2,16-3)11-8-10-6-4-5-7-12(10)17-9-11/h4-7,11H,8-9H2,1-3H3. The van der Waals surface area contributed by atoms with Crippen LogP contribution in [0.15, 0.2) is 24.3 Å². The van der Waals surface area contributed by atoms with Crippen molar-refractivity contribution in [2.45, 2.75) is 12.4 Å². The lowest BCUT2D eigenvalue weighted by molar-refractivity contribution is -0.381. The van der Waals surface area contributed by atoms with E-state index in [9.17, 15) is 0 Å². The minimum Gasteiger partial charge on any atom is -0.493 e. The molecule has 1 heterocycles. The molecule has 4 heteroatoms. The number of hydrogen-bond acceptors (Lipinski definition) is 4. The number of methoxy groups -OCH3 is 3. The van der Waals surface area contributed by atoms with Gasteiger partial charge in [0.05, 0.1) is 12.5 Å². The molecule has 94 valence electrons. The molecule has 0 amide bonds. The first kappa shape index (κ1) is 12.4. The average Bonchev–Trinajstić information content (AvgIpc) is 2.41. The van der Waals surface area contributed by atoms with Gasteiger partial charge in [-0.05, 0) is 18.1 Å². The second kappa shape index (κ2) is 5.04. The Hall–Kier alpha value is -1.10. The Bertz CT molecular complexity index is 365. The molecule has 0 fully saturated rings. The summed E-state index contributed by atoms with van der Waals surface area (Å²) >= 11 is 0.